The topological polar surface area (TPSA) is 30.5 Å². The molecular formula is C13H26ClNO2. The van der Waals surface area contributed by atoms with Crippen LogP contribution in [0, 0.1) is 11.3 Å². The van der Waals surface area contributed by atoms with Gasteiger partial charge in [-0.3, -0.25) is 5.32 Å². The van der Waals surface area contributed by atoms with Crippen molar-refractivity contribution < 1.29 is 9.47 Å². The third-order valence-electron chi connectivity index (χ3n) is 3.66. The quantitative estimate of drug-likeness (QED) is 0.831. The lowest BCUT2D eigenvalue weighted by molar-refractivity contribution is -0.142. The van der Waals surface area contributed by atoms with Crippen LogP contribution in [0.25, 0.3) is 0 Å². The summed E-state index contributed by atoms with van der Waals surface area (Å²) < 4.78 is 11.5. The molecule has 3 nitrogen and oxygen atoms in total. The monoisotopic (exact) mass is 263 g/mol. The van der Waals surface area contributed by atoms with Gasteiger partial charge >= 0.3 is 0 Å². The van der Waals surface area contributed by atoms with Crippen molar-refractivity contribution >= 4 is 12.4 Å². The van der Waals surface area contributed by atoms with Gasteiger partial charge < -0.3 is 9.47 Å². The van der Waals surface area contributed by atoms with E-state index in [1.165, 1.54) is 12.8 Å². The van der Waals surface area contributed by atoms with Crippen molar-refractivity contribution in [1.82, 2.24) is 5.32 Å². The van der Waals surface area contributed by atoms with Crippen molar-refractivity contribution in [2.24, 2.45) is 11.3 Å². The van der Waals surface area contributed by atoms with E-state index >= 15 is 0 Å². The van der Waals surface area contributed by atoms with Gasteiger partial charge in [0, 0.05) is 25.2 Å². The molecule has 4 heteroatoms. The molecule has 2 aliphatic heterocycles. The maximum Gasteiger partial charge on any atom is 0.116 e. The SMILES string of the molecule is CC1(C)CNC(C)(CC2CCCOC2)OC1.Cl. The van der Waals surface area contributed by atoms with Crippen LogP contribution < -0.4 is 5.32 Å². The molecule has 0 aliphatic carbocycles. The summed E-state index contributed by atoms with van der Waals surface area (Å²) >= 11 is 0. The number of rotatable bonds is 2. The van der Waals surface area contributed by atoms with E-state index < -0.39 is 0 Å². The Morgan fingerprint density at radius 2 is 2.06 bits per heavy atom. The molecule has 102 valence electrons. The molecule has 2 atom stereocenters. The second-order valence-electron chi connectivity index (χ2n) is 6.32. The molecule has 2 saturated heterocycles. The Morgan fingerprint density at radius 3 is 2.59 bits per heavy atom. The number of nitrogens with one attached hydrogen (secondary N) is 1. The first-order valence-electron chi connectivity index (χ1n) is 6.46. The van der Waals surface area contributed by atoms with E-state index in [9.17, 15) is 0 Å². The summed E-state index contributed by atoms with van der Waals surface area (Å²) in [6.07, 6.45) is 3.55. The van der Waals surface area contributed by atoms with E-state index in [0.29, 0.717) is 5.92 Å². The maximum absolute atomic E-state index is 6.02. The second kappa shape index (κ2) is 5.87. The number of hydrogen-bond donors (Lipinski definition) is 1. The highest BCUT2D eigenvalue weighted by Crippen LogP contribution is 2.30. The molecule has 0 bridgehead atoms. The zero-order valence-corrected chi connectivity index (χ0v) is 12.1. The molecule has 2 rings (SSSR count). The molecule has 0 radical (unpaired) electrons. The number of halogens is 1. The van der Waals surface area contributed by atoms with Crippen LogP contribution in [0.4, 0.5) is 0 Å². The van der Waals surface area contributed by atoms with Crippen LogP contribution in [-0.4, -0.2) is 32.1 Å². The molecule has 2 unspecified atom stereocenters. The Bertz CT molecular complexity index is 230. The van der Waals surface area contributed by atoms with Gasteiger partial charge in [0.15, 0.2) is 0 Å². The minimum Gasteiger partial charge on any atom is -0.381 e. The third kappa shape index (κ3) is 4.40. The van der Waals surface area contributed by atoms with Gasteiger partial charge in [0.05, 0.1) is 6.61 Å². The normalized spacial score (nSPS) is 37.2. The molecule has 0 spiro atoms. The molecule has 0 aromatic rings. The van der Waals surface area contributed by atoms with Gasteiger partial charge in [-0.15, -0.1) is 12.4 Å². The highest BCUT2D eigenvalue weighted by molar-refractivity contribution is 5.85. The minimum absolute atomic E-state index is 0. The molecule has 2 heterocycles. The number of ether oxygens (including phenoxy) is 2. The molecule has 0 saturated carbocycles. The van der Waals surface area contributed by atoms with Crippen LogP contribution in [0.3, 0.4) is 0 Å². The van der Waals surface area contributed by atoms with Gasteiger partial charge in [0.2, 0.25) is 0 Å². The van der Waals surface area contributed by atoms with Crippen LogP contribution >= 0.6 is 12.4 Å². The van der Waals surface area contributed by atoms with Gasteiger partial charge in [-0.25, -0.2) is 0 Å². The first-order chi connectivity index (χ1) is 7.49. The van der Waals surface area contributed by atoms with Gasteiger partial charge in [0.1, 0.15) is 5.72 Å². The van der Waals surface area contributed by atoms with E-state index in [0.717, 1.165) is 32.8 Å². The van der Waals surface area contributed by atoms with Gasteiger partial charge in [-0.1, -0.05) is 13.8 Å². The molecule has 2 fully saturated rings. The average molecular weight is 264 g/mol. The second-order valence-corrected chi connectivity index (χ2v) is 6.32. The van der Waals surface area contributed by atoms with Crippen molar-refractivity contribution in [1.29, 1.82) is 0 Å². The Balaban J connectivity index is 0.00000144. The average Bonchev–Trinajstić information content (AvgIpc) is 2.25. The van der Waals surface area contributed by atoms with Crippen LogP contribution in [0.2, 0.25) is 0 Å². The molecule has 0 aromatic heterocycles. The smallest absolute Gasteiger partial charge is 0.116 e. The lowest BCUT2D eigenvalue weighted by Crippen LogP contribution is -2.56. The van der Waals surface area contributed by atoms with E-state index in [1.54, 1.807) is 0 Å². The fourth-order valence-electron chi connectivity index (χ4n) is 2.53. The minimum atomic E-state index is -0.138. The zero-order chi connectivity index (χ0) is 11.6. The standard InChI is InChI=1S/C13H25NO2.ClH/c1-12(2)9-14-13(3,16-10-12)7-11-5-4-6-15-8-11;/h11,14H,4-10H2,1-3H3;1H. The van der Waals surface area contributed by atoms with Crippen molar-refractivity contribution in [2.75, 3.05) is 26.4 Å². The number of hydrogen-bond acceptors (Lipinski definition) is 3. The van der Waals surface area contributed by atoms with Crippen molar-refractivity contribution in [3.63, 3.8) is 0 Å². The van der Waals surface area contributed by atoms with Crippen LogP contribution in [-0.2, 0) is 9.47 Å². The lowest BCUT2D eigenvalue weighted by atomic mass is 9.88. The van der Waals surface area contributed by atoms with E-state index in [1.807, 2.05) is 0 Å². The summed E-state index contributed by atoms with van der Waals surface area (Å²) in [5.74, 6) is 0.660. The summed E-state index contributed by atoms with van der Waals surface area (Å²) in [7, 11) is 0. The lowest BCUT2D eigenvalue weighted by Gasteiger charge is -2.44. The highest BCUT2D eigenvalue weighted by atomic mass is 35.5. The highest BCUT2D eigenvalue weighted by Gasteiger charge is 2.37. The fraction of sp³-hybridized carbons (Fsp3) is 1.00. The first kappa shape index (κ1) is 15.2. The summed E-state index contributed by atoms with van der Waals surface area (Å²) in [6.45, 7) is 10.4. The molecular weight excluding hydrogens is 238 g/mol. The van der Waals surface area contributed by atoms with E-state index in [4.69, 9.17) is 9.47 Å². The summed E-state index contributed by atoms with van der Waals surface area (Å²) in [4.78, 5) is 0. The van der Waals surface area contributed by atoms with Crippen LogP contribution in [0.1, 0.15) is 40.0 Å². The van der Waals surface area contributed by atoms with E-state index in [2.05, 4.69) is 26.1 Å². The first-order valence-corrected chi connectivity index (χ1v) is 6.46. The van der Waals surface area contributed by atoms with Gasteiger partial charge in [-0.2, -0.15) is 0 Å². The predicted molar refractivity (Wildman–Crippen MR) is 71.5 cm³/mol. The molecule has 1 N–H and O–H groups in total. The van der Waals surface area contributed by atoms with E-state index in [-0.39, 0.29) is 23.5 Å². The Hall–Kier alpha value is 0.170. The largest absolute Gasteiger partial charge is 0.381 e. The van der Waals surface area contributed by atoms with Crippen molar-refractivity contribution in [3.8, 4) is 0 Å². The Labute approximate surface area is 111 Å². The van der Waals surface area contributed by atoms with Gasteiger partial charge in [-0.05, 0) is 32.1 Å². The summed E-state index contributed by atoms with van der Waals surface area (Å²) in [6, 6.07) is 0. The van der Waals surface area contributed by atoms with Crippen molar-refractivity contribution in [3.05, 3.63) is 0 Å². The Morgan fingerprint density at radius 1 is 1.29 bits per heavy atom. The van der Waals surface area contributed by atoms with Crippen LogP contribution in [0.5, 0.6) is 0 Å². The van der Waals surface area contributed by atoms with Gasteiger partial charge in [0.25, 0.3) is 0 Å². The summed E-state index contributed by atoms with van der Waals surface area (Å²) in [5, 5.41) is 3.56. The molecule has 2 aliphatic rings. The zero-order valence-electron chi connectivity index (χ0n) is 11.3. The fourth-order valence-corrected chi connectivity index (χ4v) is 2.53. The molecule has 0 aromatic carbocycles. The summed E-state index contributed by atoms with van der Waals surface area (Å²) in [5.41, 5.74) is 0.128. The van der Waals surface area contributed by atoms with Crippen LogP contribution in [0.15, 0.2) is 0 Å². The Kier molecular flexibility index (Phi) is 5.26. The third-order valence-corrected chi connectivity index (χ3v) is 3.66. The predicted octanol–water partition coefficient (Wildman–Crippen LogP) is 2.59. The molecule has 0 amide bonds. The maximum atomic E-state index is 6.02. The molecule has 17 heavy (non-hydrogen) atoms. The van der Waals surface area contributed by atoms with Crippen molar-refractivity contribution in [2.45, 2.75) is 45.8 Å².